The Hall–Kier alpha value is -1.41. The molecule has 0 aromatic carbocycles. The van der Waals surface area contributed by atoms with Crippen molar-refractivity contribution in [2.24, 2.45) is 0 Å². The van der Waals surface area contributed by atoms with Crippen molar-refractivity contribution < 1.29 is 39.2 Å². The van der Waals surface area contributed by atoms with Crippen LogP contribution in [0.4, 0.5) is 0 Å². The highest BCUT2D eigenvalue weighted by atomic mass is 31.2. The molecule has 0 saturated heterocycles. The first-order chi connectivity index (χ1) is 9.42. The fraction of sp³-hybridized carbons (Fsp3) is 0.636. The average molecular weight is 320 g/mol. The average Bonchev–Trinajstić information content (AvgIpc) is 2.68. The number of carbonyl (C=O) groups excluding carboxylic acids is 1. The van der Waals surface area contributed by atoms with Crippen LogP contribution < -0.4 is 25.4 Å². The molecule has 0 radical (unpaired) electrons. The highest BCUT2D eigenvalue weighted by molar-refractivity contribution is 7.48. The number of carboxylic acid groups (broad SMARTS) is 1. The van der Waals surface area contributed by atoms with Crippen molar-refractivity contribution in [1.82, 2.24) is 5.16 Å². The molecule has 0 amide bonds. The maximum Gasteiger partial charge on any atom is 0.258 e. The Morgan fingerprint density at radius 3 is 2.48 bits per heavy atom. The lowest BCUT2D eigenvalue weighted by Gasteiger charge is -2.28. The zero-order valence-electron chi connectivity index (χ0n) is 12.0. The minimum Gasteiger partial charge on any atom is -0.808 e. The van der Waals surface area contributed by atoms with Gasteiger partial charge in [0.15, 0.2) is 0 Å². The quantitative estimate of drug-likeness (QED) is 0.545. The first-order valence-corrected chi connectivity index (χ1v) is 7.81. The Morgan fingerprint density at radius 2 is 2.05 bits per heavy atom. The number of aromatic nitrogens is 1. The van der Waals surface area contributed by atoms with E-state index in [0.29, 0.717) is 5.76 Å². The molecule has 0 aliphatic carbocycles. The molecule has 1 heterocycles. The van der Waals surface area contributed by atoms with E-state index in [4.69, 9.17) is 9.26 Å². The molecular formula is C11H17N2O7P-2. The highest BCUT2D eigenvalue weighted by Gasteiger charge is 2.29. The van der Waals surface area contributed by atoms with Crippen molar-refractivity contribution in [3.63, 3.8) is 0 Å². The molecule has 21 heavy (non-hydrogen) atoms. The van der Waals surface area contributed by atoms with Gasteiger partial charge in [0.1, 0.15) is 18.2 Å². The Bertz CT molecular complexity index is 557. The van der Waals surface area contributed by atoms with Crippen LogP contribution in [0, 0.1) is 0 Å². The van der Waals surface area contributed by atoms with Crippen LogP contribution in [0.25, 0.3) is 0 Å². The molecule has 9 nitrogen and oxygen atoms in total. The second kappa shape index (κ2) is 6.15. The van der Waals surface area contributed by atoms with E-state index in [-0.39, 0.29) is 17.9 Å². The monoisotopic (exact) mass is 320 g/mol. The summed E-state index contributed by atoms with van der Waals surface area (Å²) in [5.41, 5.74) is 3.16. The molecule has 1 aromatic rings. The summed E-state index contributed by atoms with van der Waals surface area (Å²) in [4.78, 5) is 32.0. The molecule has 0 bridgehead atoms. The summed E-state index contributed by atoms with van der Waals surface area (Å²) >= 11 is 0. The molecular weight excluding hydrogens is 303 g/mol. The van der Waals surface area contributed by atoms with Crippen LogP contribution in [0.2, 0.25) is 0 Å². The fourth-order valence-electron chi connectivity index (χ4n) is 1.65. The van der Waals surface area contributed by atoms with Crippen LogP contribution in [-0.2, 0) is 21.2 Å². The predicted octanol–water partition coefficient (Wildman–Crippen LogP) is -2.87. The lowest BCUT2D eigenvalue weighted by atomic mass is 9.88. The summed E-state index contributed by atoms with van der Waals surface area (Å²) in [6.07, 6.45) is -1.21. The van der Waals surface area contributed by atoms with Crippen LogP contribution in [0.5, 0.6) is 5.88 Å². The first kappa shape index (κ1) is 17.6. The largest absolute Gasteiger partial charge is 0.808 e. The minimum absolute atomic E-state index is 0.115. The third-order valence-corrected chi connectivity index (χ3v) is 3.02. The van der Waals surface area contributed by atoms with Crippen molar-refractivity contribution in [2.45, 2.75) is 38.6 Å². The third kappa shape index (κ3) is 5.13. The van der Waals surface area contributed by atoms with Gasteiger partial charge in [0.25, 0.3) is 5.88 Å². The van der Waals surface area contributed by atoms with Crippen molar-refractivity contribution >= 4 is 13.6 Å². The number of hydrogen-bond acceptors (Lipinski definition) is 8. The van der Waals surface area contributed by atoms with E-state index < -0.39 is 31.4 Å². The zero-order valence-corrected chi connectivity index (χ0v) is 12.8. The molecule has 0 aliphatic rings. The van der Waals surface area contributed by atoms with E-state index in [0.717, 1.165) is 0 Å². The number of aliphatic carboxylic acids is 1. The third-order valence-electron chi connectivity index (χ3n) is 2.58. The molecule has 0 unspecified atom stereocenters. The standard InChI is InChI=1S/C11H19N2O7P/c1-11(2,3)8-6(4-7(12)10(14)15)9(13-20-8)19-5-21(16,17)18/h7H,4-5,12H2,1-3H3,(H,14,15)(H2,16,17,18)/p-2/t7-/m0/s1. The number of ether oxygens (including phenoxy) is 1. The van der Waals surface area contributed by atoms with Crippen LogP contribution in [0.3, 0.4) is 0 Å². The maximum absolute atomic E-state index is 10.8. The molecule has 0 spiro atoms. The molecule has 1 aromatic heterocycles. The highest BCUT2D eigenvalue weighted by Crippen LogP contribution is 2.34. The van der Waals surface area contributed by atoms with E-state index in [1.807, 2.05) is 0 Å². The summed E-state index contributed by atoms with van der Waals surface area (Å²) in [6.45, 7) is 5.39. The van der Waals surface area contributed by atoms with Crippen LogP contribution in [0.1, 0.15) is 32.1 Å². The maximum atomic E-state index is 10.8. The normalized spacial score (nSPS) is 14.0. The van der Waals surface area contributed by atoms with E-state index >= 15 is 0 Å². The zero-order chi connectivity index (χ0) is 16.4. The van der Waals surface area contributed by atoms with Crippen molar-refractivity contribution in [1.29, 1.82) is 0 Å². The van der Waals surface area contributed by atoms with E-state index in [2.05, 4.69) is 10.9 Å². The van der Waals surface area contributed by atoms with Gasteiger partial charge in [0.2, 0.25) is 0 Å². The minimum atomic E-state index is -4.88. The second-order valence-electron chi connectivity index (χ2n) is 5.65. The van der Waals surface area contributed by atoms with Gasteiger partial charge in [-0.2, -0.15) is 0 Å². The van der Waals surface area contributed by atoms with Gasteiger partial charge < -0.3 is 39.2 Å². The number of carbonyl (C=O) groups is 1. The second-order valence-corrected chi connectivity index (χ2v) is 7.13. The summed E-state index contributed by atoms with van der Waals surface area (Å²) in [7, 11) is -4.88. The Kier molecular flexibility index (Phi) is 5.16. The van der Waals surface area contributed by atoms with Gasteiger partial charge in [0, 0.05) is 11.8 Å². The number of carboxylic acids is 1. The first-order valence-electron chi connectivity index (χ1n) is 6.08. The van der Waals surface area contributed by atoms with Gasteiger partial charge in [-0.1, -0.05) is 20.8 Å². The fourth-order valence-corrected chi connectivity index (χ4v) is 1.93. The van der Waals surface area contributed by atoms with Crippen LogP contribution in [0.15, 0.2) is 4.52 Å². The lowest BCUT2D eigenvalue weighted by Crippen LogP contribution is -2.69. The SMILES string of the molecule is CC(C)(C)c1onc(OCP(=O)([O-])[O-])c1C[C@H]([NH3+])C(=O)[O-]. The van der Waals surface area contributed by atoms with Crippen molar-refractivity contribution in [2.75, 3.05) is 6.35 Å². The Morgan fingerprint density at radius 1 is 1.48 bits per heavy atom. The Balaban J connectivity index is 3.11. The van der Waals surface area contributed by atoms with Gasteiger partial charge in [-0.05, 0) is 12.8 Å². The van der Waals surface area contributed by atoms with E-state index in [1.54, 1.807) is 20.8 Å². The van der Waals surface area contributed by atoms with Crippen LogP contribution in [-0.4, -0.2) is 23.5 Å². The molecule has 1 rings (SSSR count). The number of rotatable bonds is 6. The van der Waals surface area contributed by atoms with E-state index in [9.17, 15) is 24.3 Å². The lowest BCUT2D eigenvalue weighted by molar-refractivity contribution is -0.437. The number of nitrogens with zero attached hydrogens (tertiary/aromatic N) is 1. The van der Waals surface area contributed by atoms with E-state index in [1.165, 1.54) is 0 Å². The molecule has 0 aliphatic heterocycles. The predicted molar refractivity (Wildman–Crippen MR) is 63.7 cm³/mol. The number of hydrogen-bond donors (Lipinski definition) is 1. The molecule has 10 heteroatoms. The van der Waals surface area contributed by atoms with Gasteiger partial charge in [-0.25, -0.2) is 0 Å². The summed E-state index contributed by atoms with van der Waals surface area (Å²) in [5, 5.41) is 14.4. The van der Waals surface area contributed by atoms with Gasteiger partial charge in [-0.3, -0.25) is 0 Å². The van der Waals surface area contributed by atoms with Gasteiger partial charge in [-0.15, -0.1) is 0 Å². The molecule has 1 atom stereocenters. The summed E-state index contributed by atoms with van der Waals surface area (Å²) < 4.78 is 20.5. The smallest absolute Gasteiger partial charge is 0.258 e. The molecule has 0 saturated carbocycles. The molecule has 0 fully saturated rings. The van der Waals surface area contributed by atoms with Crippen molar-refractivity contribution in [3.8, 4) is 5.88 Å². The summed E-state index contributed by atoms with van der Waals surface area (Å²) in [6, 6.07) is -1.10. The Labute approximate surface area is 121 Å². The number of quaternary nitrogens is 1. The van der Waals surface area contributed by atoms with Crippen molar-refractivity contribution in [3.05, 3.63) is 11.3 Å². The van der Waals surface area contributed by atoms with Gasteiger partial charge >= 0.3 is 0 Å². The summed E-state index contributed by atoms with van der Waals surface area (Å²) in [5.74, 6) is -1.26. The van der Waals surface area contributed by atoms with Gasteiger partial charge in [0.05, 0.1) is 11.5 Å². The van der Waals surface area contributed by atoms with Crippen LogP contribution >= 0.6 is 7.60 Å². The topological polar surface area (TPSA) is 166 Å². The molecule has 3 N–H and O–H groups in total. The molecule has 120 valence electrons.